The zero-order valence-corrected chi connectivity index (χ0v) is 43.2. The van der Waals surface area contributed by atoms with Crippen molar-refractivity contribution in [3.63, 3.8) is 0 Å². The van der Waals surface area contributed by atoms with Crippen molar-refractivity contribution in [2.45, 2.75) is 241 Å². The lowest BCUT2D eigenvalue weighted by molar-refractivity contribution is -0.172. The number of carbonyl (C=O) groups excluding carboxylic acids is 6. The maximum atomic E-state index is 13.5. The Hall–Kier alpha value is -3.22. The first-order valence-corrected chi connectivity index (χ1v) is 26.5. The average Bonchev–Trinajstić information content (AvgIpc) is 3.28. The summed E-state index contributed by atoms with van der Waals surface area (Å²) in [5, 5.41) is 0. The number of rotatable bonds is 46. The van der Waals surface area contributed by atoms with Crippen LogP contribution in [0.5, 0.6) is 0 Å². The molecule has 0 aliphatic rings. The van der Waals surface area contributed by atoms with E-state index >= 15 is 0 Å². The smallest absolute Gasteiger partial charge is 0.317 e. The lowest BCUT2D eigenvalue weighted by Gasteiger charge is -2.32. The average molecular weight is 940 g/mol. The van der Waals surface area contributed by atoms with E-state index in [4.69, 9.17) is 28.4 Å². The fourth-order valence-corrected chi connectivity index (χ4v) is 7.76. The Morgan fingerprint density at radius 1 is 0.409 bits per heavy atom. The van der Waals surface area contributed by atoms with E-state index in [1.54, 1.807) is 0 Å². The van der Waals surface area contributed by atoms with Crippen molar-refractivity contribution in [1.82, 2.24) is 4.90 Å². The molecule has 0 N–H and O–H groups in total. The number of carbonyl (C=O) groups is 6. The maximum absolute atomic E-state index is 13.5. The molecule has 0 aromatic heterocycles. The van der Waals surface area contributed by atoms with Gasteiger partial charge < -0.3 is 33.3 Å². The first-order chi connectivity index (χ1) is 31.8. The fraction of sp³-hybridized carbons (Fsp3) is 0.887. The predicted molar refractivity (Wildman–Crippen MR) is 261 cm³/mol. The van der Waals surface area contributed by atoms with E-state index < -0.39 is 80.5 Å². The number of esters is 6. The van der Waals surface area contributed by atoms with Crippen LogP contribution in [0.3, 0.4) is 0 Å². The van der Waals surface area contributed by atoms with Crippen molar-refractivity contribution >= 4 is 35.8 Å². The highest BCUT2D eigenvalue weighted by Gasteiger charge is 2.38. The lowest BCUT2D eigenvalue weighted by atomic mass is 9.91. The van der Waals surface area contributed by atoms with Crippen LogP contribution < -0.4 is 0 Å². The van der Waals surface area contributed by atoms with Crippen LogP contribution in [-0.4, -0.2) is 99.5 Å². The van der Waals surface area contributed by atoms with E-state index in [9.17, 15) is 28.8 Å². The van der Waals surface area contributed by atoms with Crippen LogP contribution in [0.1, 0.15) is 235 Å². The normalized spacial score (nSPS) is 11.5. The molecule has 0 aliphatic carbocycles. The monoisotopic (exact) mass is 940 g/mol. The van der Waals surface area contributed by atoms with Gasteiger partial charge in [-0.15, -0.1) is 0 Å². The van der Waals surface area contributed by atoms with Gasteiger partial charge in [0.15, 0.2) is 0 Å². The van der Waals surface area contributed by atoms with Crippen LogP contribution in [0.25, 0.3) is 0 Å². The summed E-state index contributed by atoms with van der Waals surface area (Å²) in [7, 11) is 0. The van der Waals surface area contributed by atoms with Crippen LogP contribution in [0.15, 0.2) is 0 Å². The standard InChI is InChI=1S/C53H97NO12/c1-8-13-17-19-21-23-25-29-36-61-49(57)39-51(59)65-43-53(41-63-47(55)34-31-35-54(12-5)45(6)7,42-64-48(56)38-46(32-27-15-10-3)33-28-16-11-4)44-66-52(60)40-50(58)62-37-30-26-24-22-20-18-14-9-2/h45-46H,8-44H2,1-7H3. The highest BCUT2D eigenvalue weighted by Crippen LogP contribution is 2.26. The minimum absolute atomic E-state index is 0.102. The quantitative estimate of drug-likeness (QED) is 0.0246. The van der Waals surface area contributed by atoms with Gasteiger partial charge in [-0.1, -0.05) is 163 Å². The molecule has 0 atom stereocenters. The molecule has 66 heavy (non-hydrogen) atoms. The van der Waals surface area contributed by atoms with Gasteiger partial charge in [-0.05, 0) is 65.0 Å². The largest absolute Gasteiger partial charge is 0.465 e. The van der Waals surface area contributed by atoms with E-state index in [0.29, 0.717) is 31.8 Å². The maximum Gasteiger partial charge on any atom is 0.317 e. The van der Waals surface area contributed by atoms with E-state index in [2.05, 4.69) is 53.4 Å². The molecule has 0 aromatic carbocycles. The van der Waals surface area contributed by atoms with Crippen molar-refractivity contribution in [3.05, 3.63) is 0 Å². The number of ether oxygens (including phenoxy) is 6. The Labute approximate surface area is 401 Å². The zero-order chi connectivity index (χ0) is 49.1. The summed E-state index contributed by atoms with van der Waals surface area (Å²) in [6.45, 7) is 14.9. The van der Waals surface area contributed by atoms with Gasteiger partial charge >= 0.3 is 35.8 Å². The van der Waals surface area contributed by atoms with E-state index in [-0.39, 0.29) is 32.0 Å². The van der Waals surface area contributed by atoms with E-state index in [0.717, 1.165) is 96.4 Å². The van der Waals surface area contributed by atoms with Crippen LogP contribution >= 0.6 is 0 Å². The summed E-state index contributed by atoms with van der Waals surface area (Å²) in [5.41, 5.74) is -1.55. The van der Waals surface area contributed by atoms with Gasteiger partial charge in [0.25, 0.3) is 0 Å². The van der Waals surface area contributed by atoms with Crippen LogP contribution in [-0.2, 0) is 57.2 Å². The van der Waals surface area contributed by atoms with Gasteiger partial charge in [-0.3, -0.25) is 28.8 Å². The van der Waals surface area contributed by atoms with Gasteiger partial charge in [-0.2, -0.15) is 0 Å². The van der Waals surface area contributed by atoms with Crippen LogP contribution in [0.4, 0.5) is 0 Å². The number of unbranched alkanes of at least 4 members (excludes halogenated alkanes) is 18. The SMILES string of the molecule is CCCCCCCCCCOC(=O)CC(=O)OCC(COC(=O)CCCN(CC)C(C)C)(COC(=O)CC(=O)OCCCCCCCCCC)COC(=O)CC(CCCCC)CCCCC. The molecule has 0 radical (unpaired) electrons. The molecule has 0 spiro atoms. The molecule has 0 bridgehead atoms. The molecule has 0 unspecified atom stereocenters. The molecular formula is C53H97NO12. The third kappa shape index (κ3) is 36.8. The molecule has 0 heterocycles. The van der Waals surface area contributed by atoms with Gasteiger partial charge in [0.1, 0.15) is 44.7 Å². The zero-order valence-electron chi connectivity index (χ0n) is 43.2. The topological polar surface area (TPSA) is 161 Å². The minimum Gasteiger partial charge on any atom is -0.465 e. The molecule has 0 fully saturated rings. The fourth-order valence-electron chi connectivity index (χ4n) is 7.76. The van der Waals surface area contributed by atoms with Gasteiger partial charge in [0.2, 0.25) is 0 Å². The molecule has 13 heteroatoms. The lowest BCUT2D eigenvalue weighted by Crippen LogP contribution is -2.44. The Morgan fingerprint density at radius 3 is 1.15 bits per heavy atom. The molecule has 0 rings (SSSR count). The van der Waals surface area contributed by atoms with Crippen molar-refractivity contribution < 1.29 is 57.2 Å². The summed E-state index contributed by atoms with van der Waals surface area (Å²) in [4.78, 5) is 80.5. The Kier molecular flexibility index (Phi) is 41.0. The Balaban J connectivity index is 6.01. The number of hydrogen-bond donors (Lipinski definition) is 0. The first-order valence-electron chi connectivity index (χ1n) is 26.5. The third-order valence-corrected chi connectivity index (χ3v) is 12.1. The van der Waals surface area contributed by atoms with Gasteiger partial charge in [0.05, 0.1) is 13.2 Å². The second kappa shape index (κ2) is 43.1. The molecule has 0 amide bonds. The summed E-state index contributed by atoms with van der Waals surface area (Å²) in [6.07, 6.45) is 24.9. The summed E-state index contributed by atoms with van der Waals surface area (Å²) in [6, 6.07) is 0.306. The molecule has 13 nitrogen and oxygen atoms in total. The van der Waals surface area contributed by atoms with Crippen molar-refractivity contribution in [1.29, 1.82) is 0 Å². The molecule has 0 saturated carbocycles. The molecule has 0 saturated heterocycles. The van der Waals surface area contributed by atoms with Crippen molar-refractivity contribution in [2.75, 3.05) is 52.7 Å². The van der Waals surface area contributed by atoms with Gasteiger partial charge in [0, 0.05) is 18.9 Å². The summed E-state index contributed by atoms with van der Waals surface area (Å²) < 4.78 is 33.5. The van der Waals surface area contributed by atoms with Crippen LogP contribution in [0.2, 0.25) is 0 Å². The molecule has 0 aromatic rings. The predicted octanol–water partition coefficient (Wildman–Crippen LogP) is 12.0. The van der Waals surface area contributed by atoms with Crippen molar-refractivity contribution in [2.24, 2.45) is 11.3 Å². The third-order valence-electron chi connectivity index (χ3n) is 12.1. The molecule has 386 valence electrons. The number of nitrogens with zero attached hydrogens (tertiary/aromatic N) is 1. The summed E-state index contributed by atoms with van der Waals surface area (Å²) >= 11 is 0. The summed E-state index contributed by atoms with van der Waals surface area (Å²) in [5.74, 6) is -4.12. The Morgan fingerprint density at radius 2 is 0.758 bits per heavy atom. The highest BCUT2D eigenvalue weighted by atomic mass is 16.6. The van der Waals surface area contributed by atoms with Gasteiger partial charge in [-0.25, -0.2) is 0 Å². The Bertz CT molecular complexity index is 1190. The highest BCUT2D eigenvalue weighted by molar-refractivity contribution is 5.91. The van der Waals surface area contributed by atoms with Crippen LogP contribution in [0, 0.1) is 11.3 Å². The number of hydrogen-bond acceptors (Lipinski definition) is 13. The van der Waals surface area contributed by atoms with Crippen molar-refractivity contribution in [3.8, 4) is 0 Å². The van der Waals surface area contributed by atoms with E-state index in [1.807, 2.05) is 0 Å². The minimum atomic E-state index is -1.55. The molecule has 0 aliphatic heterocycles. The second-order valence-electron chi connectivity index (χ2n) is 18.8. The molecular weight excluding hydrogens is 843 g/mol. The van der Waals surface area contributed by atoms with E-state index in [1.165, 1.54) is 51.4 Å². The first kappa shape index (κ1) is 62.8. The second-order valence-corrected chi connectivity index (χ2v) is 18.8.